The molecule has 0 saturated heterocycles. The predicted octanol–water partition coefficient (Wildman–Crippen LogP) is 2.04. The zero-order valence-corrected chi connectivity index (χ0v) is 11.0. The van der Waals surface area contributed by atoms with E-state index in [1.54, 1.807) is 12.1 Å². The molecule has 0 radical (unpaired) electrons. The quantitative estimate of drug-likeness (QED) is 0.758. The van der Waals surface area contributed by atoms with Gasteiger partial charge >= 0.3 is 0 Å². The van der Waals surface area contributed by atoms with Crippen LogP contribution in [0.5, 0.6) is 5.75 Å². The number of ether oxygens (including phenoxy) is 1. The van der Waals surface area contributed by atoms with E-state index < -0.39 is 6.10 Å². The van der Waals surface area contributed by atoms with Crippen molar-refractivity contribution in [3.05, 3.63) is 65.7 Å². The Morgan fingerprint density at radius 1 is 1.15 bits per heavy atom. The van der Waals surface area contributed by atoms with Gasteiger partial charge < -0.3 is 15.2 Å². The highest BCUT2D eigenvalue weighted by Gasteiger charge is 2.07. The molecule has 0 aliphatic heterocycles. The largest absolute Gasteiger partial charge is 0.489 e. The first-order chi connectivity index (χ1) is 9.79. The highest BCUT2D eigenvalue weighted by atomic mass is 16.5. The predicted molar refractivity (Wildman–Crippen MR) is 76.2 cm³/mol. The number of amides is 1. The first-order valence-corrected chi connectivity index (χ1v) is 6.41. The normalized spacial score (nSPS) is 11.7. The van der Waals surface area contributed by atoms with Crippen LogP contribution in [0.2, 0.25) is 0 Å². The summed E-state index contributed by atoms with van der Waals surface area (Å²) < 4.78 is 5.69. The Morgan fingerprint density at radius 3 is 2.70 bits per heavy atom. The molecule has 0 aliphatic carbocycles. The fraction of sp³-hybridized carbons (Fsp3) is 0.188. The van der Waals surface area contributed by atoms with Crippen LogP contribution in [0.4, 0.5) is 0 Å². The SMILES string of the molecule is O=CNCC(O)c1cccc(OCc2ccccc2)c1. The molecule has 2 N–H and O–H groups in total. The summed E-state index contributed by atoms with van der Waals surface area (Å²) >= 11 is 0. The van der Waals surface area contributed by atoms with Gasteiger partial charge in [0, 0.05) is 6.54 Å². The maximum Gasteiger partial charge on any atom is 0.207 e. The van der Waals surface area contributed by atoms with Gasteiger partial charge in [-0.25, -0.2) is 0 Å². The van der Waals surface area contributed by atoms with E-state index in [0.717, 1.165) is 5.56 Å². The lowest BCUT2D eigenvalue weighted by Crippen LogP contribution is -2.19. The number of carbonyl (C=O) groups is 1. The van der Waals surface area contributed by atoms with Crippen molar-refractivity contribution in [1.82, 2.24) is 5.32 Å². The third-order valence-corrected chi connectivity index (χ3v) is 2.89. The maximum absolute atomic E-state index is 10.2. The summed E-state index contributed by atoms with van der Waals surface area (Å²) in [5.41, 5.74) is 1.80. The molecule has 0 aromatic heterocycles. The molecule has 20 heavy (non-hydrogen) atoms. The minimum Gasteiger partial charge on any atom is -0.489 e. The summed E-state index contributed by atoms with van der Waals surface area (Å²) in [6, 6.07) is 17.1. The van der Waals surface area contributed by atoms with Crippen LogP contribution >= 0.6 is 0 Å². The Hall–Kier alpha value is -2.33. The van der Waals surface area contributed by atoms with Crippen molar-refractivity contribution >= 4 is 6.41 Å². The van der Waals surface area contributed by atoms with Crippen LogP contribution in [-0.4, -0.2) is 18.1 Å². The van der Waals surface area contributed by atoms with E-state index in [9.17, 15) is 9.90 Å². The van der Waals surface area contributed by atoms with Gasteiger partial charge in [-0.1, -0.05) is 42.5 Å². The van der Waals surface area contributed by atoms with E-state index in [-0.39, 0.29) is 6.54 Å². The van der Waals surface area contributed by atoms with Crippen LogP contribution in [-0.2, 0) is 11.4 Å². The molecule has 4 heteroatoms. The molecule has 104 valence electrons. The maximum atomic E-state index is 10.2. The first kappa shape index (κ1) is 14.1. The zero-order valence-electron chi connectivity index (χ0n) is 11.0. The topological polar surface area (TPSA) is 58.6 Å². The Morgan fingerprint density at radius 2 is 1.95 bits per heavy atom. The molecule has 2 aromatic rings. The minimum atomic E-state index is -0.736. The number of aliphatic hydroxyl groups is 1. The summed E-state index contributed by atoms with van der Waals surface area (Å²) in [4.78, 5) is 10.2. The fourth-order valence-corrected chi connectivity index (χ4v) is 1.83. The van der Waals surface area contributed by atoms with E-state index in [2.05, 4.69) is 5.32 Å². The number of hydrogen-bond donors (Lipinski definition) is 2. The number of carbonyl (C=O) groups excluding carboxylic acids is 1. The number of aliphatic hydroxyl groups excluding tert-OH is 1. The molecular weight excluding hydrogens is 254 g/mol. The molecule has 0 fully saturated rings. The lowest BCUT2D eigenvalue weighted by molar-refractivity contribution is -0.109. The molecule has 0 bridgehead atoms. The van der Waals surface area contributed by atoms with Gasteiger partial charge in [0.25, 0.3) is 0 Å². The second-order valence-corrected chi connectivity index (χ2v) is 4.39. The van der Waals surface area contributed by atoms with Crippen LogP contribution in [0.15, 0.2) is 54.6 Å². The van der Waals surface area contributed by atoms with Crippen molar-refractivity contribution in [3.8, 4) is 5.75 Å². The third-order valence-electron chi connectivity index (χ3n) is 2.89. The molecule has 2 aromatic carbocycles. The zero-order chi connectivity index (χ0) is 14.2. The molecule has 4 nitrogen and oxygen atoms in total. The van der Waals surface area contributed by atoms with E-state index >= 15 is 0 Å². The first-order valence-electron chi connectivity index (χ1n) is 6.41. The van der Waals surface area contributed by atoms with Crippen molar-refractivity contribution in [3.63, 3.8) is 0 Å². The molecule has 0 saturated carbocycles. The van der Waals surface area contributed by atoms with Crippen molar-refractivity contribution < 1.29 is 14.6 Å². The third kappa shape index (κ3) is 4.10. The molecule has 1 unspecified atom stereocenters. The summed E-state index contributed by atoms with van der Waals surface area (Å²) in [6.07, 6.45) is -0.167. The van der Waals surface area contributed by atoms with Crippen LogP contribution in [0.25, 0.3) is 0 Å². The van der Waals surface area contributed by atoms with Crippen LogP contribution in [0.1, 0.15) is 17.2 Å². The Labute approximate surface area is 118 Å². The Kier molecular flexibility index (Phi) is 5.15. The van der Waals surface area contributed by atoms with Gasteiger partial charge in [0.2, 0.25) is 6.41 Å². The van der Waals surface area contributed by atoms with E-state index in [1.165, 1.54) is 0 Å². The van der Waals surface area contributed by atoms with Crippen molar-refractivity contribution in [1.29, 1.82) is 0 Å². The van der Waals surface area contributed by atoms with Crippen LogP contribution in [0.3, 0.4) is 0 Å². The number of hydrogen-bond acceptors (Lipinski definition) is 3. The van der Waals surface area contributed by atoms with E-state index in [0.29, 0.717) is 24.3 Å². The summed E-state index contributed by atoms with van der Waals surface area (Å²) in [5, 5.41) is 12.3. The molecule has 1 atom stereocenters. The average molecular weight is 271 g/mol. The van der Waals surface area contributed by atoms with Crippen LogP contribution < -0.4 is 10.1 Å². The monoisotopic (exact) mass is 271 g/mol. The second-order valence-electron chi connectivity index (χ2n) is 4.39. The summed E-state index contributed by atoms with van der Waals surface area (Å²) in [7, 11) is 0. The highest BCUT2D eigenvalue weighted by Crippen LogP contribution is 2.19. The van der Waals surface area contributed by atoms with E-state index in [1.807, 2.05) is 42.5 Å². The smallest absolute Gasteiger partial charge is 0.207 e. The van der Waals surface area contributed by atoms with Crippen molar-refractivity contribution in [2.45, 2.75) is 12.7 Å². The van der Waals surface area contributed by atoms with Crippen molar-refractivity contribution in [2.24, 2.45) is 0 Å². The Bertz CT molecular complexity index is 542. The standard InChI is InChI=1S/C16H17NO3/c18-12-17-10-16(19)14-7-4-8-15(9-14)20-11-13-5-2-1-3-6-13/h1-9,12,16,19H,10-11H2,(H,17,18). The number of rotatable bonds is 7. The number of nitrogens with one attached hydrogen (secondary N) is 1. The summed E-state index contributed by atoms with van der Waals surface area (Å²) in [5.74, 6) is 0.691. The second kappa shape index (κ2) is 7.31. The van der Waals surface area contributed by atoms with Gasteiger partial charge in [-0.2, -0.15) is 0 Å². The van der Waals surface area contributed by atoms with Gasteiger partial charge in [-0.05, 0) is 23.3 Å². The molecule has 0 aliphatic rings. The average Bonchev–Trinajstić information content (AvgIpc) is 2.52. The molecule has 2 rings (SSSR count). The lowest BCUT2D eigenvalue weighted by Gasteiger charge is -2.12. The molecule has 1 amide bonds. The van der Waals surface area contributed by atoms with Gasteiger partial charge in [0.15, 0.2) is 0 Å². The molecule has 0 heterocycles. The van der Waals surface area contributed by atoms with E-state index in [4.69, 9.17) is 4.74 Å². The van der Waals surface area contributed by atoms with Gasteiger partial charge in [0.1, 0.15) is 12.4 Å². The van der Waals surface area contributed by atoms with Gasteiger partial charge in [-0.15, -0.1) is 0 Å². The van der Waals surface area contributed by atoms with Crippen LogP contribution in [0, 0.1) is 0 Å². The summed E-state index contributed by atoms with van der Waals surface area (Å²) in [6.45, 7) is 0.665. The minimum absolute atomic E-state index is 0.186. The highest BCUT2D eigenvalue weighted by molar-refractivity contribution is 5.46. The van der Waals surface area contributed by atoms with Gasteiger partial charge in [-0.3, -0.25) is 4.79 Å². The number of benzene rings is 2. The Balaban J connectivity index is 1.97. The molecular formula is C16H17NO3. The fourth-order valence-electron chi connectivity index (χ4n) is 1.83. The lowest BCUT2D eigenvalue weighted by atomic mass is 10.1. The van der Waals surface area contributed by atoms with Gasteiger partial charge in [0.05, 0.1) is 6.10 Å². The molecule has 0 spiro atoms. The van der Waals surface area contributed by atoms with Crippen molar-refractivity contribution in [2.75, 3.05) is 6.54 Å².